The van der Waals surface area contributed by atoms with Crippen molar-refractivity contribution in [2.24, 2.45) is 5.92 Å². The second kappa shape index (κ2) is 4.86. The van der Waals surface area contributed by atoms with Gasteiger partial charge < -0.3 is 5.32 Å². The first-order chi connectivity index (χ1) is 6.11. The SMILES string of the molecule is CC(C)C(C)NC(=O)C1CSCN1. The van der Waals surface area contributed by atoms with Crippen molar-refractivity contribution in [1.82, 2.24) is 10.6 Å². The van der Waals surface area contributed by atoms with Gasteiger partial charge in [-0.15, -0.1) is 11.8 Å². The van der Waals surface area contributed by atoms with Crippen LogP contribution in [-0.2, 0) is 4.79 Å². The third kappa shape index (κ3) is 3.19. The third-order valence-corrected chi connectivity index (χ3v) is 3.34. The number of rotatable bonds is 3. The summed E-state index contributed by atoms with van der Waals surface area (Å²) in [6.45, 7) is 6.27. The summed E-state index contributed by atoms with van der Waals surface area (Å²) in [7, 11) is 0. The highest BCUT2D eigenvalue weighted by Crippen LogP contribution is 2.10. The third-order valence-electron chi connectivity index (χ3n) is 2.40. The Kier molecular flexibility index (Phi) is 4.06. The summed E-state index contributed by atoms with van der Waals surface area (Å²) in [6.07, 6.45) is 0. The van der Waals surface area contributed by atoms with E-state index < -0.39 is 0 Å². The van der Waals surface area contributed by atoms with Crippen molar-refractivity contribution in [2.45, 2.75) is 32.9 Å². The van der Waals surface area contributed by atoms with Gasteiger partial charge in [0.05, 0.1) is 6.04 Å². The van der Waals surface area contributed by atoms with Crippen molar-refractivity contribution in [3.05, 3.63) is 0 Å². The van der Waals surface area contributed by atoms with Crippen molar-refractivity contribution in [3.63, 3.8) is 0 Å². The van der Waals surface area contributed by atoms with E-state index in [2.05, 4.69) is 24.5 Å². The van der Waals surface area contributed by atoms with Crippen LogP contribution in [0.4, 0.5) is 0 Å². The van der Waals surface area contributed by atoms with Gasteiger partial charge in [-0.2, -0.15) is 0 Å². The molecule has 0 radical (unpaired) electrons. The molecule has 3 nitrogen and oxygen atoms in total. The molecular formula is C9H18N2OS. The molecule has 1 fully saturated rings. The summed E-state index contributed by atoms with van der Waals surface area (Å²) in [5, 5.41) is 6.16. The molecule has 2 atom stereocenters. The van der Waals surface area contributed by atoms with Crippen LogP contribution in [0.25, 0.3) is 0 Å². The van der Waals surface area contributed by atoms with E-state index in [0.717, 1.165) is 11.6 Å². The molecule has 0 aliphatic carbocycles. The first kappa shape index (κ1) is 10.9. The summed E-state index contributed by atoms with van der Waals surface area (Å²) >= 11 is 1.77. The first-order valence-electron chi connectivity index (χ1n) is 4.72. The Bertz CT molecular complexity index is 178. The topological polar surface area (TPSA) is 41.1 Å². The van der Waals surface area contributed by atoms with Gasteiger partial charge in [0, 0.05) is 17.7 Å². The zero-order chi connectivity index (χ0) is 9.84. The lowest BCUT2D eigenvalue weighted by Gasteiger charge is -2.19. The normalized spacial score (nSPS) is 24.8. The number of hydrogen-bond donors (Lipinski definition) is 2. The molecule has 0 saturated carbocycles. The van der Waals surface area contributed by atoms with Gasteiger partial charge in [0.1, 0.15) is 0 Å². The molecule has 1 aliphatic heterocycles. The van der Waals surface area contributed by atoms with Gasteiger partial charge in [0.25, 0.3) is 0 Å². The zero-order valence-corrected chi connectivity index (χ0v) is 9.28. The van der Waals surface area contributed by atoms with Gasteiger partial charge in [-0.3, -0.25) is 10.1 Å². The Morgan fingerprint density at radius 1 is 1.54 bits per heavy atom. The minimum Gasteiger partial charge on any atom is -0.352 e. The van der Waals surface area contributed by atoms with E-state index in [1.807, 2.05) is 6.92 Å². The van der Waals surface area contributed by atoms with E-state index in [-0.39, 0.29) is 18.0 Å². The molecule has 0 aromatic rings. The molecule has 1 heterocycles. The average Bonchev–Trinajstić information content (AvgIpc) is 2.55. The Morgan fingerprint density at radius 3 is 2.69 bits per heavy atom. The second-order valence-electron chi connectivity index (χ2n) is 3.81. The van der Waals surface area contributed by atoms with E-state index in [4.69, 9.17) is 0 Å². The van der Waals surface area contributed by atoms with Gasteiger partial charge in [0.15, 0.2) is 0 Å². The van der Waals surface area contributed by atoms with Crippen molar-refractivity contribution >= 4 is 17.7 Å². The maximum absolute atomic E-state index is 11.6. The smallest absolute Gasteiger partial charge is 0.238 e. The molecule has 1 rings (SSSR count). The maximum atomic E-state index is 11.6. The van der Waals surface area contributed by atoms with Crippen LogP contribution in [0, 0.1) is 5.92 Å². The van der Waals surface area contributed by atoms with Crippen LogP contribution in [0.15, 0.2) is 0 Å². The molecule has 0 bridgehead atoms. The minimum absolute atomic E-state index is 0.0196. The van der Waals surface area contributed by atoms with Gasteiger partial charge >= 0.3 is 0 Å². The lowest BCUT2D eigenvalue weighted by molar-refractivity contribution is -0.123. The highest BCUT2D eigenvalue weighted by atomic mass is 32.2. The second-order valence-corrected chi connectivity index (χ2v) is 4.84. The van der Waals surface area contributed by atoms with Gasteiger partial charge in [-0.1, -0.05) is 13.8 Å². The number of nitrogens with one attached hydrogen (secondary N) is 2. The number of amides is 1. The quantitative estimate of drug-likeness (QED) is 0.711. The average molecular weight is 202 g/mol. The Morgan fingerprint density at radius 2 is 2.23 bits per heavy atom. The van der Waals surface area contributed by atoms with Crippen molar-refractivity contribution in [3.8, 4) is 0 Å². The molecule has 13 heavy (non-hydrogen) atoms. The highest BCUT2D eigenvalue weighted by molar-refractivity contribution is 7.99. The largest absolute Gasteiger partial charge is 0.352 e. The molecule has 0 aromatic heterocycles. The van der Waals surface area contributed by atoms with E-state index in [1.165, 1.54) is 0 Å². The lowest BCUT2D eigenvalue weighted by Crippen LogP contribution is -2.46. The highest BCUT2D eigenvalue weighted by Gasteiger charge is 2.23. The molecule has 1 saturated heterocycles. The molecule has 0 aromatic carbocycles. The fraction of sp³-hybridized carbons (Fsp3) is 0.889. The molecule has 76 valence electrons. The van der Waals surface area contributed by atoms with Crippen LogP contribution in [0.1, 0.15) is 20.8 Å². The van der Waals surface area contributed by atoms with E-state index in [1.54, 1.807) is 11.8 Å². The molecule has 1 amide bonds. The molecule has 0 spiro atoms. The first-order valence-corrected chi connectivity index (χ1v) is 5.88. The maximum Gasteiger partial charge on any atom is 0.238 e. The zero-order valence-electron chi connectivity index (χ0n) is 8.46. The predicted molar refractivity (Wildman–Crippen MR) is 56.7 cm³/mol. The summed E-state index contributed by atoms with van der Waals surface area (Å²) in [5.74, 6) is 2.44. The van der Waals surface area contributed by atoms with E-state index in [0.29, 0.717) is 5.92 Å². The summed E-state index contributed by atoms with van der Waals surface area (Å²) in [4.78, 5) is 11.6. The van der Waals surface area contributed by atoms with Crippen LogP contribution < -0.4 is 10.6 Å². The van der Waals surface area contributed by atoms with Crippen LogP contribution in [-0.4, -0.2) is 29.6 Å². The minimum atomic E-state index is 0.0196. The van der Waals surface area contributed by atoms with Gasteiger partial charge in [0.2, 0.25) is 5.91 Å². The van der Waals surface area contributed by atoms with E-state index in [9.17, 15) is 4.79 Å². The molecule has 2 N–H and O–H groups in total. The fourth-order valence-corrected chi connectivity index (χ4v) is 2.00. The van der Waals surface area contributed by atoms with Crippen LogP contribution in [0.2, 0.25) is 0 Å². The lowest BCUT2D eigenvalue weighted by atomic mass is 10.1. The van der Waals surface area contributed by atoms with Gasteiger partial charge in [-0.05, 0) is 12.8 Å². The van der Waals surface area contributed by atoms with Crippen LogP contribution in [0.3, 0.4) is 0 Å². The summed E-state index contributed by atoms with van der Waals surface area (Å²) in [6, 6.07) is 0.283. The van der Waals surface area contributed by atoms with Crippen molar-refractivity contribution in [2.75, 3.05) is 11.6 Å². The number of carbonyl (C=O) groups excluding carboxylic acids is 1. The van der Waals surface area contributed by atoms with Crippen molar-refractivity contribution in [1.29, 1.82) is 0 Å². The van der Waals surface area contributed by atoms with Crippen molar-refractivity contribution < 1.29 is 4.79 Å². The number of hydrogen-bond acceptors (Lipinski definition) is 3. The molecule has 1 aliphatic rings. The Balaban J connectivity index is 2.31. The predicted octanol–water partition coefficient (Wildman–Crippen LogP) is 0.810. The van der Waals surface area contributed by atoms with Crippen LogP contribution in [0.5, 0.6) is 0 Å². The molecular weight excluding hydrogens is 184 g/mol. The van der Waals surface area contributed by atoms with Crippen LogP contribution >= 0.6 is 11.8 Å². The van der Waals surface area contributed by atoms with E-state index >= 15 is 0 Å². The number of thioether (sulfide) groups is 1. The van der Waals surface area contributed by atoms with Gasteiger partial charge in [-0.25, -0.2) is 0 Å². The Hall–Kier alpha value is -0.220. The monoisotopic (exact) mass is 202 g/mol. The number of carbonyl (C=O) groups is 1. The fourth-order valence-electron chi connectivity index (χ4n) is 1.06. The summed E-state index contributed by atoms with van der Waals surface area (Å²) in [5.41, 5.74) is 0. The summed E-state index contributed by atoms with van der Waals surface area (Å²) < 4.78 is 0. The molecule has 2 unspecified atom stereocenters. The Labute approximate surface area is 84.0 Å². The standard InChI is InChI=1S/C9H18N2OS/c1-6(2)7(3)11-9(12)8-4-13-5-10-8/h6-8,10H,4-5H2,1-3H3,(H,11,12). The molecule has 4 heteroatoms.